The molecule has 8 nitrogen and oxygen atoms in total. The van der Waals surface area contributed by atoms with Crippen LogP contribution >= 0.6 is 0 Å². The molecule has 0 saturated heterocycles. The van der Waals surface area contributed by atoms with Crippen molar-refractivity contribution in [3.8, 4) is 0 Å². The Hall–Kier alpha value is -2.64. The Bertz CT molecular complexity index is 606. The van der Waals surface area contributed by atoms with Crippen molar-refractivity contribution in [2.45, 2.75) is 0 Å². The first-order chi connectivity index (χ1) is 8.72. The van der Waals surface area contributed by atoms with Crippen molar-refractivity contribution in [1.82, 2.24) is 19.7 Å². The lowest BCUT2D eigenvalue weighted by atomic mass is 10.3. The van der Waals surface area contributed by atoms with Crippen LogP contribution in [0.3, 0.4) is 0 Å². The van der Waals surface area contributed by atoms with Gasteiger partial charge < -0.3 is 16.0 Å². The molecule has 0 radical (unpaired) electrons. The summed E-state index contributed by atoms with van der Waals surface area (Å²) in [6, 6.07) is 0. The molecule has 1 aliphatic rings. The molecule has 2 aromatic heterocycles. The third-order valence-electron chi connectivity index (χ3n) is 2.50. The lowest BCUT2D eigenvalue weighted by Gasteiger charge is -2.19. The Morgan fingerprint density at radius 2 is 2.33 bits per heavy atom. The Labute approximate surface area is 102 Å². The maximum Gasteiger partial charge on any atom is 0.243 e. The summed E-state index contributed by atoms with van der Waals surface area (Å²) in [7, 11) is 1.82. The van der Waals surface area contributed by atoms with Gasteiger partial charge in [-0.05, 0) is 0 Å². The summed E-state index contributed by atoms with van der Waals surface area (Å²) >= 11 is 0. The minimum atomic E-state index is -0.119. The monoisotopic (exact) mass is 245 g/mol. The molecule has 0 spiro atoms. The molecule has 1 aliphatic heterocycles. The number of aryl methyl sites for hydroxylation is 1. The van der Waals surface area contributed by atoms with Crippen molar-refractivity contribution in [3.63, 3.8) is 0 Å². The van der Waals surface area contributed by atoms with E-state index in [9.17, 15) is 4.79 Å². The molecule has 0 saturated carbocycles. The van der Waals surface area contributed by atoms with Crippen LogP contribution in [0.4, 0.5) is 23.0 Å². The first-order valence-electron chi connectivity index (χ1n) is 5.37. The van der Waals surface area contributed by atoms with Gasteiger partial charge in [-0.25, -0.2) is 9.97 Å². The Kier molecular flexibility index (Phi) is 2.33. The lowest BCUT2D eigenvalue weighted by molar-refractivity contribution is -0.114. The third-order valence-corrected chi connectivity index (χ3v) is 2.50. The zero-order valence-electron chi connectivity index (χ0n) is 9.64. The van der Waals surface area contributed by atoms with Gasteiger partial charge in [0.05, 0.1) is 18.4 Å². The molecule has 0 unspecified atom stereocenters. The van der Waals surface area contributed by atoms with Gasteiger partial charge in [0.2, 0.25) is 5.91 Å². The summed E-state index contributed by atoms with van der Waals surface area (Å²) in [5.74, 6) is 1.02. The van der Waals surface area contributed by atoms with E-state index in [1.807, 2.05) is 13.2 Å². The van der Waals surface area contributed by atoms with Crippen molar-refractivity contribution in [2.75, 3.05) is 22.5 Å². The van der Waals surface area contributed by atoms with E-state index >= 15 is 0 Å². The summed E-state index contributed by atoms with van der Waals surface area (Å²) in [5, 5.41) is 12.8. The summed E-state index contributed by atoms with van der Waals surface area (Å²) < 4.78 is 1.67. The molecule has 92 valence electrons. The number of aromatic nitrogens is 4. The van der Waals surface area contributed by atoms with Gasteiger partial charge in [-0.3, -0.25) is 9.48 Å². The number of rotatable bonds is 2. The molecule has 1 amide bonds. The van der Waals surface area contributed by atoms with Crippen molar-refractivity contribution in [2.24, 2.45) is 7.05 Å². The molecule has 0 fully saturated rings. The minimum Gasteiger partial charge on any atom is -0.359 e. The SMILES string of the molecule is Cn1cc(Nc2ncnc3c2NC(=O)CN3)cn1. The fraction of sp³-hybridized carbons (Fsp3) is 0.200. The molecule has 8 heteroatoms. The smallest absolute Gasteiger partial charge is 0.243 e. The molecule has 18 heavy (non-hydrogen) atoms. The van der Waals surface area contributed by atoms with Crippen LogP contribution in [0.15, 0.2) is 18.7 Å². The standard InChI is InChI=1S/C10H11N7O/c1-17-4-6(2-14-17)15-10-8-9(12-5-13-10)11-3-7(18)16-8/h2,4-5H,3H2,1H3,(H,16,18)(H2,11,12,13,15). The Balaban J connectivity index is 1.95. The molecular formula is C10H11N7O. The Morgan fingerprint density at radius 1 is 1.44 bits per heavy atom. The van der Waals surface area contributed by atoms with Crippen LogP contribution in [0.2, 0.25) is 0 Å². The van der Waals surface area contributed by atoms with Crippen LogP contribution < -0.4 is 16.0 Å². The lowest BCUT2D eigenvalue weighted by Crippen LogP contribution is -2.28. The van der Waals surface area contributed by atoms with Crippen molar-refractivity contribution < 1.29 is 4.79 Å². The van der Waals surface area contributed by atoms with E-state index in [1.54, 1.807) is 10.9 Å². The van der Waals surface area contributed by atoms with Crippen LogP contribution in [0.1, 0.15) is 0 Å². The molecule has 3 heterocycles. The van der Waals surface area contributed by atoms with Gasteiger partial charge in [0.25, 0.3) is 0 Å². The summed E-state index contributed by atoms with van der Waals surface area (Å²) in [5.41, 5.74) is 1.34. The maximum atomic E-state index is 11.4. The number of nitrogens with zero attached hydrogens (tertiary/aromatic N) is 4. The molecule has 0 aromatic carbocycles. The number of carbonyl (C=O) groups excluding carboxylic acids is 1. The van der Waals surface area contributed by atoms with Gasteiger partial charge in [-0.2, -0.15) is 5.10 Å². The number of carbonyl (C=O) groups is 1. The quantitative estimate of drug-likeness (QED) is 0.705. The fourth-order valence-electron chi connectivity index (χ4n) is 1.70. The van der Waals surface area contributed by atoms with Gasteiger partial charge in [-0.1, -0.05) is 0 Å². The van der Waals surface area contributed by atoms with Crippen molar-refractivity contribution >= 4 is 28.9 Å². The zero-order chi connectivity index (χ0) is 12.5. The van der Waals surface area contributed by atoms with E-state index in [4.69, 9.17) is 0 Å². The maximum absolute atomic E-state index is 11.4. The third kappa shape index (κ3) is 1.83. The van der Waals surface area contributed by atoms with E-state index in [0.717, 1.165) is 5.69 Å². The van der Waals surface area contributed by atoms with Crippen molar-refractivity contribution in [3.05, 3.63) is 18.7 Å². The van der Waals surface area contributed by atoms with E-state index < -0.39 is 0 Å². The number of nitrogens with one attached hydrogen (secondary N) is 3. The van der Waals surface area contributed by atoms with Gasteiger partial charge in [-0.15, -0.1) is 0 Å². The molecule has 0 bridgehead atoms. The normalized spacial score (nSPS) is 13.5. The summed E-state index contributed by atoms with van der Waals surface area (Å²) in [6.07, 6.45) is 4.92. The second kappa shape index (κ2) is 3.99. The zero-order valence-corrected chi connectivity index (χ0v) is 9.64. The number of amides is 1. The van der Waals surface area contributed by atoms with E-state index in [-0.39, 0.29) is 12.5 Å². The largest absolute Gasteiger partial charge is 0.359 e. The molecular weight excluding hydrogens is 234 g/mol. The van der Waals surface area contributed by atoms with Crippen LogP contribution in [0.25, 0.3) is 0 Å². The van der Waals surface area contributed by atoms with Crippen LogP contribution in [-0.2, 0) is 11.8 Å². The topological polar surface area (TPSA) is 96.8 Å². The molecule has 2 aromatic rings. The average molecular weight is 245 g/mol. The van der Waals surface area contributed by atoms with Crippen LogP contribution in [-0.4, -0.2) is 32.2 Å². The van der Waals surface area contributed by atoms with Gasteiger partial charge in [0, 0.05) is 13.2 Å². The summed E-state index contributed by atoms with van der Waals surface area (Å²) in [6.45, 7) is 0.219. The predicted octanol–water partition coefficient (Wildman–Crippen LogP) is 0.318. The highest BCUT2D eigenvalue weighted by Gasteiger charge is 2.19. The molecule has 3 N–H and O–H groups in total. The molecule has 0 aliphatic carbocycles. The fourth-order valence-corrected chi connectivity index (χ4v) is 1.70. The second-order valence-electron chi connectivity index (χ2n) is 3.88. The first kappa shape index (κ1) is 10.5. The van der Waals surface area contributed by atoms with Gasteiger partial charge in [0.15, 0.2) is 11.6 Å². The molecule has 0 atom stereocenters. The second-order valence-corrected chi connectivity index (χ2v) is 3.88. The van der Waals surface area contributed by atoms with E-state index in [1.165, 1.54) is 6.33 Å². The first-order valence-corrected chi connectivity index (χ1v) is 5.37. The van der Waals surface area contributed by atoms with E-state index in [0.29, 0.717) is 17.3 Å². The number of anilines is 4. The van der Waals surface area contributed by atoms with Gasteiger partial charge >= 0.3 is 0 Å². The number of hydrogen-bond donors (Lipinski definition) is 3. The highest BCUT2D eigenvalue weighted by atomic mass is 16.2. The number of fused-ring (bicyclic) bond motifs is 1. The average Bonchev–Trinajstić information content (AvgIpc) is 2.76. The van der Waals surface area contributed by atoms with Crippen LogP contribution in [0, 0.1) is 0 Å². The van der Waals surface area contributed by atoms with Crippen molar-refractivity contribution in [1.29, 1.82) is 0 Å². The highest BCUT2D eigenvalue weighted by molar-refractivity contribution is 6.03. The summed E-state index contributed by atoms with van der Waals surface area (Å²) in [4.78, 5) is 19.5. The Morgan fingerprint density at radius 3 is 3.11 bits per heavy atom. The van der Waals surface area contributed by atoms with Gasteiger partial charge in [0.1, 0.15) is 12.0 Å². The predicted molar refractivity (Wildman–Crippen MR) is 65.6 cm³/mol. The van der Waals surface area contributed by atoms with E-state index in [2.05, 4.69) is 31.0 Å². The van der Waals surface area contributed by atoms with Crippen LogP contribution in [0.5, 0.6) is 0 Å². The highest BCUT2D eigenvalue weighted by Crippen LogP contribution is 2.30. The molecule has 3 rings (SSSR count). The minimum absolute atomic E-state index is 0.119. The number of hydrogen-bond acceptors (Lipinski definition) is 6.